The molecule has 0 saturated carbocycles. The molecule has 0 bridgehead atoms. The quantitative estimate of drug-likeness (QED) is 0.404. The van der Waals surface area contributed by atoms with Gasteiger partial charge in [-0.3, -0.25) is 0 Å². The van der Waals surface area contributed by atoms with E-state index in [9.17, 15) is 0 Å². The Hall–Kier alpha value is -2.08. The molecule has 1 aliphatic carbocycles. The van der Waals surface area contributed by atoms with E-state index >= 15 is 0 Å². The van der Waals surface area contributed by atoms with Crippen molar-refractivity contribution in [2.45, 2.75) is 70.6 Å². The SMILES string of the molecule is C1=CC=CC=CC=CCCCCCCCCCCCC=CC=CC=CC=C1. The van der Waals surface area contributed by atoms with Crippen LogP contribution >= 0.6 is 0 Å². The first kappa shape index (κ1) is 23.0. The van der Waals surface area contributed by atoms with Crippen LogP contribution in [-0.2, 0) is 0 Å². The minimum atomic E-state index is 1.20. The van der Waals surface area contributed by atoms with Crippen molar-refractivity contribution in [1.29, 1.82) is 0 Å². The summed E-state index contributed by atoms with van der Waals surface area (Å²) in [6, 6.07) is 0. The van der Waals surface area contributed by atoms with Gasteiger partial charge in [0.15, 0.2) is 0 Å². The number of allylic oxidation sites excluding steroid dienone is 16. The van der Waals surface area contributed by atoms with Crippen molar-refractivity contribution in [3.05, 3.63) is 97.2 Å². The van der Waals surface area contributed by atoms with E-state index in [0.29, 0.717) is 0 Å². The molecule has 0 aromatic rings. The van der Waals surface area contributed by atoms with E-state index in [-0.39, 0.29) is 0 Å². The number of hydrogen-bond donors (Lipinski definition) is 0. The molecule has 1 rings (SSSR count). The van der Waals surface area contributed by atoms with Crippen molar-refractivity contribution in [2.75, 3.05) is 0 Å². The standard InChI is InChI=1S/C27H38/c1-2-4-6-8-10-12-14-16-18-20-22-24-26-27-25-23-21-19-17-15-13-11-9-7-5-3-1/h1-16H,17-27H2. The highest BCUT2D eigenvalue weighted by Gasteiger charge is 1.92. The Bertz CT molecular complexity index is 497. The molecule has 0 fully saturated rings. The zero-order valence-corrected chi connectivity index (χ0v) is 17.0. The second kappa shape index (κ2) is 20.2. The third kappa shape index (κ3) is 18.5. The fraction of sp³-hybridized carbons (Fsp3) is 0.407. The predicted molar refractivity (Wildman–Crippen MR) is 124 cm³/mol. The van der Waals surface area contributed by atoms with Gasteiger partial charge in [-0.05, 0) is 25.7 Å². The zero-order valence-electron chi connectivity index (χ0n) is 17.0. The fourth-order valence-corrected chi connectivity index (χ4v) is 2.88. The summed E-state index contributed by atoms with van der Waals surface area (Å²) in [5, 5.41) is 0. The lowest BCUT2D eigenvalue weighted by molar-refractivity contribution is 0.561. The van der Waals surface area contributed by atoms with Gasteiger partial charge in [0.25, 0.3) is 0 Å². The van der Waals surface area contributed by atoms with E-state index < -0.39 is 0 Å². The maximum atomic E-state index is 2.28. The van der Waals surface area contributed by atoms with Crippen LogP contribution in [0, 0.1) is 0 Å². The second-order valence-corrected chi connectivity index (χ2v) is 6.93. The maximum absolute atomic E-state index is 2.28. The molecule has 0 unspecified atom stereocenters. The van der Waals surface area contributed by atoms with Crippen LogP contribution in [0.3, 0.4) is 0 Å². The Morgan fingerprint density at radius 2 is 0.444 bits per heavy atom. The third-order valence-electron chi connectivity index (χ3n) is 4.46. The van der Waals surface area contributed by atoms with Crippen LogP contribution in [0.2, 0.25) is 0 Å². The first-order chi connectivity index (χ1) is 13.5. The molecule has 146 valence electrons. The minimum absolute atomic E-state index is 1.20. The first-order valence-electron chi connectivity index (χ1n) is 10.8. The van der Waals surface area contributed by atoms with E-state index in [4.69, 9.17) is 0 Å². The molecule has 0 amide bonds. The predicted octanol–water partition coefficient (Wildman–Crippen LogP) is 8.74. The molecule has 27 heavy (non-hydrogen) atoms. The normalized spacial score (nSPS) is 19.3. The van der Waals surface area contributed by atoms with Gasteiger partial charge in [-0.1, -0.05) is 142 Å². The lowest BCUT2D eigenvalue weighted by Gasteiger charge is -2.01. The second-order valence-electron chi connectivity index (χ2n) is 6.93. The van der Waals surface area contributed by atoms with E-state index in [1.165, 1.54) is 70.6 Å². The van der Waals surface area contributed by atoms with Crippen LogP contribution in [0.15, 0.2) is 97.2 Å². The van der Waals surface area contributed by atoms with Gasteiger partial charge in [0.2, 0.25) is 0 Å². The van der Waals surface area contributed by atoms with E-state index in [1.54, 1.807) is 0 Å². The van der Waals surface area contributed by atoms with E-state index in [0.717, 1.165) is 0 Å². The summed E-state index contributed by atoms with van der Waals surface area (Å²) >= 11 is 0. The Kier molecular flexibility index (Phi) is 17.2. The van der Waals surface area contributed by atoms with Crippen LogP contribution in [0.4, 0.5) is 0 Å². The van der Waals surface area contributed by atoms with Crippen molar-refractivity contribution < 1.29 is 0 Å². The highest BCUT2D eigenvalue weighted by molar-refractivity contribution is 5.21. The van der Waals surface area contributed by atoms with Crippen LogP contribution in [0.1, 0.15) is 70.6 Å². The summed E-state index contributed by atoms with van der Waals surface area (Å²) in [6.07, 6.45) is 48.5. The molecular weight excluding hydrogens is 324 g/mol. The fourth-order valence-electron chi connectivity index (χ4n) is 2.88. The van der Waals surface area contributed by atoms with Crippen LogP contribution in [-0.4, -0.2) is 0 Å². The van der Waals surface area contributed by atoms with E-state index in [1.807, 2.05) is 24.3 Å². The maximum Gasteiger partial charge on any atom is -0.0348 e. The van der Waals surface area contributed by atoms with Gasteiger partial charge < -0.3 is 0 Å². The smallest absolute Gasteiger partial charge is 0.0348 e. The third-order valence-corrected chi connectivity index (χ3v) is 4.46. The average molecular weight is 363 g/mol. The summed E-state index contributed by atoms with van der Waals surface area (Å²) in [5.74, 6) is 0. The molecular formula is C27H38. The summed E-state index contributed by atoms with van der Waals surface area (Å²) in [4.78, 5) is 0. The summed E-state index contributed by atoms with van der Waals surface area (Å²) < 4.78 is 0. The summed E-state index contributed by atoms with van der Waals surface area (Å²) in [6.45, 7) is 0. The lowest BCUT2D eigenvalue weighted by atomic mass is 10.1. The van der Waals surface area contributed by atoms with E-state index in [2.05, 4.69) is 72.9 Å². The van der Waals surface area contributed by atoms with Crippen molar-refractivity contribution in [1.82, 2.24) is 0 Å². The van der Waals surface area contributed by atoms with Crippen molar-refractivity contribution in [2.24, 2.45) is 0 Å². The lowest BCUT2D eigenvalue weighted by Crippen LogP contribution is -1.81. The Labute approximate surface area is 168 Å². The van der Waals surface area contributed by atoms with Crippen LogP contribution in [0.25, 0.3) is 0 Å². The van der Waals surface area contributed by atoms with Crippen molar-refractivity contribution in [3.63, 3.8) is 0 Å². The van der Waals surface area contributed by atoms with Gasteiger partial charge in [-0.25, -0.2) is 0 Å². The van der Waals surface area contributed by atoms with Gasteiger partial charge in [0, 0.05) is 0 Å². The Morgan fingerprint density at radius 3 is 0.741 bits per heavy atom. The van der Waals surface area contributed by atoms with Crippen LogP contribution < -0.4 is 0 Å². The first-order valence-corrected chi connectivity index (χ1v) is 10.8. The minimum Gasteiger partial charge on any atom is -0.0845 e. The van der Waals surface area contributed by atoms with Crippen LogP contribution in [0.5, 0.6) is 0 Å². The number of rotatable bonds is 0. The summed E-state index contributed by atoms with van der Waals surface area (Å²) in [5.41, 5.74) is 0. The molecule has 0 atom stereocenters. The summed E-state index contributed by atoms with van der Waals surface area (Å²) in [7, 11) is 0. The molecule has 0 N–H and O–H groups in total. The molecule has 0 aromatic carbocycles. The monoisotopic (exact) mass is 362 g/mol. The molecule has 0 saturated heterocycles. The molecule has 0 spiro atoms. The zero-order chi connectivity index (χ0) is 19.1. The Morgan fingerprint density at radius 1 is 0.222 bits per heavy atom. The van der Waals surface area contributed by atoms with Gasteiger partial charge in [0.1, 0.15) is 0 Å². The molecule has 0 heteroatoms. The number of hydrogen-bond acceptors (Lipinski definition) is 0. The van der Waals surface area contributed by atoms with Gasteiger partial charge in [-0.15, -0.1) is 0 Å². The molecule has 0 aromatic heterocycles. The largest absolute Gasteiger partial charge is 0.0845 e. The topological polar surface area (TPSA) is 0 Å². The molecule has 0 nitrogen and oxygen atoms in total. The highest BCUT2D eigenvalue weighted by Crippen LogP contribution is 2.11. The molecule has 0 radical (unpaired) electrons. The van der Waals surface area contributed by atoms with Gasteiger partial charge >= 0.3 is 0 Å². The van der Waals surface area contributed by atoms with Crippen molar-refractivity contribution in [3.8, 4) is 0 Å². The average Bonchev–Trinajstić information content (AvgIpc) is 2.68. The van der Waals surface area contributed by atoms with Gasteiger partial charge in [0.05, 0.1) is 0 Å². The molecule has 0 heterocycles. The van der Waals surface area contributed by atoms with Gasteiger partial charge in [-0.2, -0.15) is 0 Å². The Balaban J connectivity index is 2.37. The highest BCUT2D eigenvalue weighted by atomic mass is 14.0. The molecule has 1 aliphatic rings. The van der Waals surface area contributed by atoms with Crippen molar-refractivity contribution >= 4 is 0 Å². The molecule has 0 aliphatic heterocycles.